The van der Waals surface area contributed by atoms with Gasteiger partial charge in [0, 0.05) is 7.11 Å². The van der Waals surface area contributed by atoms with E-state index in [2.05, 4.69) is 25.2 Å². The number of methoxy groups -OCH3 is 1. The van der Waals surface area contributed by atoms with Gasteiger partial charge in [-0.3, -0.25) is 0 Å². The topological polar surface area (TPSA) is 18.5 Å². The van der Waals surface area contributed by atoms with Gasteiger partial charge in [-0.1, -0.05) is 12.1 Å². The molecule has 0 aliphatic carbocycles. The SMILES string of the molecule is COc1ccc([Si](C)(C)OC)cc1. The first-order chi connectivity index (χ1) is 6.10. The second-order valence-electron chi connectivity index (χ2n) is 3.44. The average Bonchev–Trinajstić information content (AvgIpc) is 2.18. The van der Waals surface area contributed by atoms with Gasteiger partial charge in [-0.25, -0.2) is 0 Å². The molecule has 2 nitrogen and oxygen atoms in total. The van der Waals surface area contributed by atoms with Crippen LogP contribution in [0.1, 0.15) is 0 Å². The monoisotopic (exact) mass is 196 g/mol. The van der Waals surface area contributed by atoms with Crippen LogP contribution in [0.2, 0.25) is 13.1 Å². The van der Waals surface area contributed by atoms with Crippen LogP contribution in [0.25, 0.3) is 0 Å². The lowest BCUT2D eigenvalue weighted by Gasteiger charge is -2.20. The summed E-state index contributed by atoms with van der Waals surface area (Å²) in [6.45, 7) is 4.35. The summed E-state index contributed by atoms with van der Waals surface area (Å²) in [4.78, 5) is 0. The molecule has 0 N–H and O–H groups in total. The minimum atomic E-state index is -1.64. The molecule has 0 bridgehead atoms. The molecular formula is C10H16O2Si. The van der Waals surface area contributed by atoms with Gasteiger partial charge in [0.2, 0.25) is 8.32 Å². The van der Waals surface area contributed by atoms with Crippen LogP contribution in [-0.4, -0.2) is 22.5 Å². The van der Waals surface area contributed by atoms with Crippen molar-refractivity contribution in [2.45, 2.75) is 13.1 Å². The van der Waals surface area contributed by atoms with Crippen LogP contribution >= 0.6 is 0 Å². The molecule has 72 valence electrons. The number of hydrogen-bond acceptors (Lipinski definition) is 2. The van der Waals surface area contributed by atoms with E-state index in [4.69, 9.17) is 9.16 Å². The average molecular weight is 196 g/mol. The first-order valence-corrected chi connectivity index (χ1v) is 7.20. The fraction of sp³-hybridized carbons (Fsp3) is 0.400. The summed E-state index contributed by atoms with van der Waals surface area (Å²) in [5, 5.41) is 1.29. The molecular weight excluding hydrogens is 180 g/mol. The predicted octanol–water partition coefficient (Wildman–Crippen LogP) is 1.75. The van der Waals surface area contributed by atoms with Crippen molar-refractivity contribution in [2.24, 2.45) is 0 Å². The molecule has 13 heavy (non-hydrogen) atoms. The van der Waals surface area contributed by atoms with Crippen molar-refractivity contribution >= 4 is 13.5 Å². The maximum absolute atomic E-state index is 5.50. The second kappa shape index (κ2) is 3.94. The maximum atomic E-state index is 5.50. The van der Waals surface area contributed by atoms with Crippen LogP contribution in [0.4, 0.5) is 0 Å². The van der Waals surface area contributed by atoms with Gasteiger partial charge in [0.25, 0.3) is 0 Å². The summed E-state index contributed by atoms with van der Waals surface area (Å²) in [5.41, 5.74) is 0. The van der Waals surface area contributed by atoms with E-state index < -0.39 is 8.32 Å². The van der Waals surface area contributed by atoms with Crippen LogP contribution in [0.5, 0.6) is 5.75 Å². The Morgan fingerprint density at radius 1 is 1.00 bits per heavy atom. The normalized spacial score (nSPS) is 11.4. The van der Waals surface area contributed by atoms with E-state index in [1.807, 2.05) is 12.1 Å². The molecule has 0 saturated carbocycles. The Bertz CT molecular complexity index is 267. The van der Waals surface area contributed by atoms with Gasteiger partial charge in [0.15, 0.2) is 0 Å². The van der Waals surface area contributed by atoms with Gasteiger partial charge in [-0.05, 0) is 30.4 Å². The smallest absolute Gasteiger partial charge is 0.217 e. The zero-order valence-electron chi connectivity index (χ0n) is 8.63. The second-order valence-corrected chi connectivity index (χ2v) is 7.45. The summed E-state index contributed by atoms with van der Waals surface area (Å²) in [7, 11) is 1.80. The molecule has 1 aromatic rings. The van der Waals surface area contributed by atoms with E-state index in [9.17, 15) is 0 Å². The molecule has 0 heterocycles. The highest BCUT2D eigenvalue weighted by Gasteiger charge is 2.22. The Morgan fingerprint density at radius 2 is 1.54 bits per heavy atom. The number of ether oxygens (including phenoxy) is 1. The van der Waals surface area contributed by atoms with Crippen LogP contribution < -0.4 is 9.92 Å². The quantitative estimate of drug-likeness (QED) is 0.686. The summed E-state index contributed by atoms with van der Waals surface area (Å²) < 4.78 is 10.6. The Hall–Kier alpha value is -0.803. The molecule has 0 spiro atoms. The maximum Gasteiger partial charge on any atom is 0.217 e. The highest BCUT2D eigenvalue weighted by molar-refractivity contribution is 6.84. The van der Waals surface area contributed by atoms with E-state index in [0.717, 1.165) is 5.75 Å². The summed E-state index contributed by atoms with van der Waals surface area (Å²) in [6.07, 6.45) is 0. The zero-order chi connectivity index (χ0) is 9.90. The fourth-order valence-corrected chi connectivity index (χ4v) is 2.32. The van der Waals surface area contributed by atoms with Crippen molar-refractivity contribution in [3.05, 3.63) is 24.3 Å². The zero-order valence-corrected chi connectivity index (χ0v) is 9.63. The van der Waals surface area contributed by atoms with Crippen molar-refractivity contribution in [1.82, 2.24) is 0 Å². The molecule has 0 aliphatic heterocycles. The molecule has 3 heteroatoms. The molecule has 0 atom stereocenters. The standard InChI is InChI=1S/C10H16O2Si/c1-11-9-5-7-10(8-6-9)13(3,4)12-2/h5-8H,1-4H3. The Kier molecular flexibility index (Phi) is 3.11. The van der Waals surface area contributed by atoms with Crippen molar-refractivity contribution < 1.29 is 9.16 Å². The van der Waals surface area contributed by atoms with Gasteiger partial charge >= 0.3 is 0 Å². The largest absolute Gasteiger partial charge is 0.497 e. The van der Waals surface area contributed by atoms with Crippen LogP contribution in [-0.2, 0) is 4.43 Å². The predicted molar refractivity (Wildman–Crippen MR) is 57.1 cm³/mol. The number of rotatable bonds is 3. The molecule has 1 rings (SSSR count). The van der Waals surface area contributed by atoms with Crippen molar-refractivity contribution in [2.75, 3.05) is 14.2 Å². The molecule has 0 amide bonds. The summed E-state index contributed by atoms with van der Waals surface area (Å²) >= 11 is 0. The van der Waals surface area contributed by atoms with E-state index in [-0.39, 0.29) is 0 Å². The van der Waals surface area contributed by atoms with Crippen molar-refractivity contribution in [3.63, 3.8) is 0 Å². The first-order valence-electron chi connectivity index (χ1n) is 4.30. The Balaban J connectivity index is 2.92. The molecule has 0 radical (unpaired) electrons. The number of benzene rings is 1. The van der Waals surface area contributed by atoms with Crippen LogP contribution in [0.3, 0.4) is 0 Å². The molecule has 0 unspecified atom stereocenters. The Labute approximate surface area is 80.6 Å². The van der Waals surface area contributed by atoms with Crippen LogP contribution in [0, 0.1) is 0 Å². The van der Waals surface area contributed by atoms with Gasteiger partial charge in [0.1, 0.15) is 5.75 Å². The molecule has 0 aromatic heterocycles. The van der Waals surface area contributed by atoms with Gasteiger partial charge in [0.05, 0.1) is 7.11 Å². The van der Waals surface area contributed by atoms with Crippen molar-refractivity contribution in [3.8, 4) is 5.75 Å². The Morgan fingerprint density at radius 3 is 1.92 bits per heavy atom. The first kappa shape index (κ1) is 10.3. The van der Waals surface area contributed by atoms with Gasteiger partial charge in [-0.2, -0.15) is 0 Å². The molecule has 1 aromatic carbocycles. The third kappa shape index (κ3) is 2.32. The summed E-state index contributed by atoms with van der Waals surface area (Å²) in [6, 6.07) is 8.11. The van der Waals surface area contributed by atoms with E-state index in [1.54, 1.807) is 14.2 Å². The van der Waals surface area contributed by atoms with E-state index in [1.165, 1.54) is 5.19 Å². The van der Waals surface area contributed by atoms with Gasteiger partial charge < -0.3 is 9.16 Å². The van der Waals surface area contributed by atoms with Crippen LogP contribution in [0.15, 0.2) is 24.3 Å². The molecule has 0 fully saturated rings. The molecule has 0 aliphatic rings. The minimum Gasteiger partial charge on any atom is -0.497 e. The highest BCUT2D eigenvalue weighted by atomic mass is 28.4. The lowest BCUT2D eigenvalue weighted by Crippen LogP contribution is -2.43. The lowest BCUT2D eigenvalue weighted by atomic mass is 10.3. The van der Waals surface area contributed by atoms with Gasteiger partial charge in [-0.15, -0.1) is 0 Å². The summed E-state index contributed by atoms with van der Waals surface area (Å²) in [5.74, 6) is 0.893. The van der Waals surface area contributed by atoms with E-state index >= 15 is 0 Å². The fourth-order valence-electron chi connectivity index (χ4n) is 1.11. The minimum absolute atomic E-state index is 0.893. The van der Waals surface area contributed by atoms with E-state index in [0.29, 0.717) is 0 Å². The lowest BCUT2D eigenvalue weighted by molar-refractivity contribution is 0.413. The third-order valence-electron chi connectivity index (χ3n) is 2.30. The molecule has 0 saturated heterocycles. The number of hydrogen-bond donors (Lipinski definition) is 0. The van der Waals surface area contributed by atoms with Crippen molar-refractivity contribution in [1.29, 1.82) is 0 Å². The highest BCUT2D eigenvalue weighted by Crippen LogP contribution is 2.10. The third-order valence-corrected chi connectivity index (χ3v) is 5.04.